The Bertz CT molecular complexity index is 486. The van der Waals surface area contributed by atoms with E-state index in [2.05, 4.69) is 23.2 Å². The third-order valence-electron chi connectivity index (χ3n) is 4.27. The summed E-state index contributed by atoms with van der Waals surface area (Å²) in [6.07, 6.45) is 0.936. The van der Waals surface area contributed by atoms with Crippen molar-refractivity contribution in [3.05, 3.63) is 29.3 Å². The first-order valence-corrected chi connectivity index (χ1v) is 8.02. The number of anilines is 1. The van der Waals surface area contributed by atoms with E-state index in [9.17, 15) is 9.90 Å². The average molecular weight is 305 g/mol. The van der Waals surface area contributed by atoms with Crippen molar-refractivity contribution in [2.45, 2.75) is 33.2 Å². The van der Waals surface area contributed by atoms with Crippen LogP contribution in [0.1, 0.15) is 24.5 Å². The highest BCUT2D eigenvalue weighted by molar-refractivity contribution is 5.89. The maximum atomic E-state index is 12.4. The Morgan fingerprint density at radius 2 is 1.77 bits per heavy atom. The molecule has 1 unspecified atom stereocenters. The van der Waals surface area contributed by atoms with Crippen molar-refractivity contribution in [2.75, 3.05) is 38.1 Å². The van der Waals surface area contributed by atoms with E-state index in [1.54, 1.807) is 0 Å². The number of hydrogen-bond acceptors (Lipinski definition) is 3. The lowest BCUT2D eigenvalue weighted by Gasteiger charge is -2.38. The fraction of sp³-hybridized carbons (Fsp3) is 0.588. The summed E-state index contributed by atoms with van der Waals surface area (Å²) in [5.74, 6) is 0. The zero-order valence-corrected chi connectivity index (χ0v) is 13.8. The highest BCUT2D eigenvalue weighted by atomic mass is 16.3. The van der Waals surface area contributed by atoms with Gasteiger partial charge in [0.25, 0.3) is 0 Å². The molecule has 1 saturated heterocycles. The standard InChI is InChI=1S/C17H27N3O2/c1-4-16(12-21)19-5-7-20(8-6-19)17(22)18-15-10-13(2)9-14(3)11-15/h9-11,16,21H,4-8,12H2,1-3H3,(H,18,22). The Kier molecular flexibility index (Phi) is 5.80. The van der Waals surface area contributed by atoms with Gasteiger partial charge >= 0.3 is 6.03 Å². The number of aliphatic hydroxyl groups is 1. The summed E-state index contributed by atoms with van der Waals surface area (Å²) in [5.41, 5.74) is 3.15. The fourth-order valence-corrected chi connectivity index (χ4v) is 3.04. The van der Waals surface area contributed by atoms with Crippen LogP contribution in [0.4, 0.5) is 10.5 Å². The SMILES string of the molecule is CCC(CO)N1CCN(C(=O)Nc2cc(C)cc(C)c2)CC1. The Hall–Kier alpha value is -1.59. The Morgan fingerprint density at radius 1 is 1.18 bits per heavy atom. The molecule has 2 N–H and O–H groups in total. The molecule has 1 aliphatic heterocycles. The molecule has 1 aliphatic rings. The predicted molar refractivity (Wildman–Crippen MR) is 89.2 cm³/mol. The van der Waals surface area contributed by atoms with Crippen molar-refractivity contribution in [1.82, 2.24) is 9.80 Å². The van der Waals surface area contributed by atoms with E-state index in [-0.39, 0.29) is 18.7 Å². The number of nitrogens with one attached hydrogen (secondary N) is 1. The van der Waals surface area contributed by atoms with Crippen LogP contribution in [0.3, 0.4) is 0 Å². The summed E-state index contributed by atoms with van der Waals surface area (Å²) in [6, 6.07) is 6.24. The van der Waals surface area contributed by atoms with Gasteiger partial charge in [0.1, 0.15) is 0 Å². The number of hydrogen-bond donors (Lipinski definition) is 2. The van der Waals surface area contributed by atoms with Crippen LogP contribution in [0, 0.1) is 13.8 Å². The number of carbonyl (C=O) groups is 1. The van der Waals surface area contributed by atoms with Gasteiger partial charge in [-0.15, -0.1) is 0 Å². The van der Waals surface area contributed by atoms with Gasteiger partial charge in [0.15, 0.2) is 0 Å². The molecule has 1 fully saturated rings. The van der Waals surface area contributed by atoms with Gasteiger partial charge in [0.2, 0.25) is 0 Å². The molecule has 0 spiro atoms. The maximum Gasteiger partial charge on any atom is 0.321 e. The number of aliphatic hydroxyl groups excluding tert-OH is 1. The van der Waals surface area contributed by atoms with Crippen LogP contribution in [0.25, 0.3) is 0 Å². The summed E-state index contributed by atoms with van der Waals surface area (Å²) in [6.45, 7) is 9.37. The lowest BCUT2D eigenvalue weighted by atomic mass is 10.1. The first-order chi connectivity index (χ1) is 10.5. The van der Waals surface area contributed by atoms with Gasteiger partial charge in [-0.25, -0.2) is 4.79 Å². The first-order valence-electron chi connectivity index (χ1n) is 8.02. The van der Waals surface area contributed by atoms with Crippen molar-refractivity contribution >= 4 is 11.7 Å². The number of rotatable bonds is 4. The summed E-state index contributed by atoms with van der Waals surface area (Å²) in [4.78, 5) is 16.5. The number of urea groups is 1. The normalized spacial score (nSPS) is 17.4. The largest absolute Gasteiger partial charge is 0.395 e. The van der Waals surface area contributed by atoms with Gasteiger partial charge < -0.3 is 15.3 Å². The van der Waals surface area contributed by atoms with Gasteiger partial charge in [0, 0.05) is 37.9 Å². The van der Waals surface area contributed by atoms with Crippen LogP contribution >= 0.6 is 0 Å². The summed E-state index contributed by atoms with van der Waals surface area (Å²) >= 11 is 0. The molecule has 1 aromatic carbocycles. The van der Waals surface area contributed by atoms with E-state index in [1.807, 2.05) is 30.9 Å². The van der Waals surface area contributed by atoms with E-state index in [0.717, 1.165) is 36.3 Å². The number of aryl methyl sites for hydroxylation is 2. The second kappa shape index (κ2) is 7.61. The molecule has 0 saturated carbocycles. The number of nitrogens with zero attached hydrogens (tertiary/aromatic N) is 2. The predicted octanol–water partition coefficient (Wildman–Crippen LogP) is 2.22. The highest BCUT2D eigenvalue weighted by Gasteiger charge is 2.24. The molecule has 1 heterocycles. The highest BCUT2D eigenvalue weighted by Crippen LogP contribution is 2.15. The van der Waals surface area contributed by atoms with Crippen LogP contribution in [-0.4, -0.2) is 59.8 Å². The van der Waals surface area contributed by atoms with E-state index < -0.39 is 0 Å². The third kappa shape index (κ3) is 4.21. The van der Waals surface area contributed by atoms with Crippen LogP contribution < -0.4 is 5.32 Å². The lowest BCUT2D eigenvalue weighted by molar-refractivity contribution is 0.0766. The second-order valence-corrected chi connectivity index (χ2v) is 6.07. The molecule has 122 valence electrons. The summed E-state index contributed by atoms with van der Waals surface area (Å²) < 4.78 is 0. The Morgan fingerprint density at radius 3 is 2.27 bits per heavy atom. The average Bonchev–Trinajstić information content (AvgIpc) is 2.48. The van der Waals surface area contributed by atoms with Crippen LogP contribution in [-0.2, 0) is 0 Å². The summed E-state index contributed by atoms with van der Waals surface area (Å²) in [7, 11) is 0. The first kappa shape index (κ1) is 16.8. The van der Waals surface area contributed by atoms with E-state index >= 15 is 0 Å². The van der Waals surface area contributed by atoms with Gasteiger partial charge in [0.05, 0.1) is 6.61 Å². The molecule has 2 amide bonds. The van der Waals surface area contributed by atoms with Crippen molar-refractivity contribution in [3.63, 3.8) is 0 Å². The van der Waals surface area contributed by atoms with Gasteiger partial charge in [-0.05, 0) is 43.5 Å². The fourth-order valence-electron chi connectivity index (χ4n) is 3.04. The number of piperazine rings is 1. The number of carbonyl (C=O) groups excluding carboxylic acids is 1. The molecule has 0 aromatic heterocycles. The quantitative estimate of drug-likeness (QED) is 0.897. The number of amides is 2. The van der Waals surface area contributed by atoms with Crippen molar-refractivity contribution in [3.8, 4) is 0 Å². The second-order valence-electron chi connectivity index (χ2n) is 6.07. The van der Waals surface area contributed by atoms with Crippen molar-refractivity contribution in [1.29, 1.82) is 0 Å². The van der Waals surface area contributed by atoms with Gasteiger partial charge in [-0.2, -0.15) is 0 Å². The zero-order chi connectivity index (χ0) is 16.1. The molecule has 0 aliphatic carbocycles. The van der Waals surface area contributed by atoms with E-state index in [4.69, 9.17) is 0 Å². The third-order valence-corrected chi connectivity index (χ3v) is 4.27. The maximum absolute atomic E-state index is 12.4. The molecule has 5 heteroatoms. The molecule has 1 atom stereocenters. The monoisotopic (exact) mass is 305 g/mol. The molecule has 0 bridgehead atoms. The Balaban J connectivity index is 1.89. The molecular formula is C17H27N3O2. The minimum absolute atomic E-state index is 0.0401. The van der Waals surface area contributed by atoms with Crippen molar-refractivity contribution < 1.29 is 9.90 Å². The van der Waals surface area contributed by atoms with Crippen molar-refractivity contribution in [2.24, 2.45) is 0 Å². The van der Waals surface area contributed by atoms with Crippen LogP contribution in [0.15, 0.2) is 18.2 Å². The number of benzene rings is 1. The smallest absolute Gasteiger partial charge is 0.321 e. The molecule has 1 aromatic rings. The molecule has 2 rings (SSSR count). The lowest BCUT2D eigenvalue weighted by Crippen LogP contribution is -2.53. The molecular weight excluding hydrogens is 278 g/mol. The minimum atomic E-state index is -0.0401. The zero-order valence-electron chi connectivity index (χ0n) is 13.8. The van der Waals surface area contributed by atoms with E-state index in [0.29, 0.717) is 13.1 Å². The summed E-state index contributed by atoms with van der Waals surface area (Å²) in [5, 5.41) is 12.4. The minimum Gasteiger partial charge on any atom is -0.395 e. The molecule has 0 radical (unpaired) electrons. The van der Waals surface area contributed by atoms with Gasteiger partial charge in [-0.3, -0.25) is 4.90 Å². The van der Waals surface area contributed by atoms with Crippen LogP contribution in [0.5, 0.6) is 0 Å². The van der Waals surface area contributed by atoms with E-state index in [1.165, 1.54) is 0 Å². The molecule has 5 nitrogen and oxygen atoms in total. The van der Waals surface area contributed by atoms with Gasteiger partial charge in [-0.1, -0.05) is 13.0 Å². The molecule has 22 heavy (non-hydrogen) atoms. The van der Waals surface area contributed by atoms with Crippen LogP contribution in [0.2, 0.25) is 0 Å². The Labute approximate surface area is 132 Å². The topological polar surface area (TPSA) is 55.8 Å².